The lowest BCUT2D eigenvalue weighted by Gasteiger charge is -2.03. The van der Waals surface area contributed by atoms with Gasteiger partial charge in [0.15, 0.2) is 0 Å². The van der Waals surface area contributed by atoms with Crippen LogP contribution in [0.3, 0.4) is 0 Å². The van der Waals surface area contributed by atoms with Crippen LogP contribution in [0.2, 0.25) is 0 Å². The first-order chi connectivity index (χ1) is 12.5. The molecule has 0 atom stereocenters. The smallest absolute Gasteiger partial charge is 0.260 e. The average Bonchev–Trinajstić information content (AvgIpc) is 3.19. The summed E-state index contributed by atoms with van der Waals surface area (Å²) in [6.07, 6.45) is 2.38. The molecule has 0 unspecified atom stereocenters. The van der Waals surface area contributed by atoms with E-state index in [4.69, 9.17) is 0 Å². The summed E-state index contributed by atoms with van der Waals surface area (Å²) in [7, 11) is 0. The lowest BCUT2D eigenvalue weighted by atomic mass is 10.0. The van der Waals surface area contributed by atoms with Gasteiger partial charge in [-0.1, -0.05) is 12.1 Å². The lowest BCUT2D eigenvalue weighted by molar-refractivity contribution is 0.628. The fraction of sp³-hybridized carbons (Fsp3) is 0.211. The molecule has 3 heterocycles. The van der Waals surface area contributed by atoms with Crippen LogP contribution in [0.25, 0.3) is 21.3 Å². The van der Waals surface area contributed by atoms with Gasteiger partial charge in [0.2, 0.25) is 0 Å². The zero-order valence-electron chi connectivity index (χ0n) is 14.4. The number of H-pyrrole nitrogens is 1. The summed E-state index contributed by atoms with van der Waals surface area (Å²) in [6.45, 7) is 4.77. The summed E-state index contributed by atoms with van der Waals surface area (Å²) in [4.78, 5) is 21.9. The molecule has 0 radical (unpaired) electrons. The molecule has 0 saturated heterocycles. The van der Waals surface area contributed by atoms with Crippen molar-refractivity contribution < 1.29 is 4.39 Å². The van der Waals surface area contributed by atoms with Gasteiger partial charge < -0.3 is 4.98 Å². The summed E-state index contributed by atoms with van der Waals surface area (Å²) in [5.74, 6) is 0.294. The molecule has 0 bridgehead atoms. The first-order valence-corrected chi connectivity index (χ1v) is 9.17. The molecular weight excluding hydrogens is 351 g/mol. The molecule has 0 saturated carbocycles. The molecule has 1 aromatic carbocycles. The Balaban J connectivity index is 1.79. The molecule has 4 aromatic rings. The molecule has 0 aliphatic heterocycles. The van der Waals surface area contributed by atoms with E-state index in [0.29, 0.717) is 22.5 Å². The van der Waals surface area contributed by atoms with E-state index in [2.05, 4.69) is 15.1 Å². The lowest BCUT2D eigenvalue weighted by Crippen LogP contribution is -2.12. The van der Waals surface area contributed by atoms with E-state index < -0.39 is 0 Å². The Morgan fingerprint density at radius 2 is 2.00 bits per heavy atom. The Hall–Kier alpha value is -2.80. The van der Waals surface area contributed by atoms with Crippen LogP contribution in [0.5, 0.6) is 0 Å². The molecule has 0 fully saturated rings. The quantitative estimate of drug-likeness (QED) is 0.594. The fourth-order valence-corrected chi connectivity index (χ4v) is 4.12. The van der Waals surface area contributed by atoms with E-state index in [-0.39, 0.29) is 11.4 Å². The number of aromatic nitrogens is 4. The summed E-state index contributed by atoms with van der Waals surface area (Å²) in [5, 5.41) is 4.99. The van der Waals surface area contributed by atoms with Gasteiger partial charge in [0.25, 0.3) is 5.56 Å². The second-order valence-electron chi connectivity index (χ2n) is 6.07. The van der Waals surface area contributed by atoms with E-state index in [1.54, 1.807) is 12.1 Å². The standard InChI is InChI=1S/C19H17FN4OS/c1-3-24-9-8-14(23-24)10-15-21-18(25)17-16(11(2)26-19(17)22-15)12-4-6-13(20)7-5-12/h4-9H,3,10H2,1-2H3,(H,21,22,25). The highest BCUT2D eigenvalue weighted by Gasteiger charge is 2.17. The number of nitrogens with one attached hydrogen (secondary N) is 1. The van der Waals surface area contributed by atoms with Gasteiger partial charge in [-0.25, -0.2) is 9.37 Å². The molecule has 132 valence electrons. The highest BCUT2D eigenvalue weighted by Crippen LogP contribution is 2.35. The van der Waals surface area contributed by atoms with Crippen LogP contribution in [0.15, 0.2) is 41.3 Å². The maximum atomic E-state index is 13.2. The van der Waals surface area contributed by atoms with Crippen molar-refractivity contribution in [2.45, 2.75) is 26.8 Å². The van der Waals surface area contributed by atoms with Crippen LogP contribution in [0.4, 0.5) is 4.39 Å². The van der Waals surface area contributed by atoms with Gasteiger partial charge in [-0.2, -0.15) is 5.10 Å². The minimum atomic E-state index is -0.299. The van der Waals surface area contributed by atoms with Crippen molar-refractivity contribution in [1.82, 2.24) is 19.7 Å². The number of benzene rings is 1. The van der Waals surface area contributed by atoms with Crippen LogP contribution in [0, 0.1) is 12.7 Å². The van der Waals surface area contributed by atoms with Crippen molar-refractivity contribution in [2.75, 3.05) is 0 Å². The SMILES string of the molecule is CCn1ccc(Cc2nc3sc(C)c(-c4ccc(F)cc4)c3c(=O)[nH]2)n1. The Bertz CT molecular complexity index is 1140. The van der Waals surface area contributed by atoms with Crippen molar-refractivity contribution >= 4 is 21.6 Å². The van der Waals surface area contributed by atoms with Crippen LogP contribution >= 0.6 is 11.3 Å². The number of aryl methyl sites for hydroxylation is 2. The van der Waals surface area contributed by atoms with E-state index in [9.17, 15) is 9.18 Å². The third-order valence-electron chi connectivity index (χ3n) is 4.29. The second kappa shape index (κ2) is 6.49. The summed E-state index contributed by atoms with van der Waals surface area (Å²) in [5.41, 5.74) is 2.32. The van der Waals surface area contributed by atoms with Gasteiger partial charge in [-0.05, 0) is 37.6 Å². The molecule has 0 amide bonds. The molecule has 4 rings (SSSR count). The third kappa shape index (κ3) is 2.94. The number of hydrogen-bond donors (Lipinski definition) is 1. The Labute approximate surface area is 153 Å². The number of fused-ring (bicyclic) bond motifs is 1. The third-order valence-corrected chi connectivity index (χ3v) is 5.29. The fourth-order valence-electron chi connectivity index (χ4n) is 3.06. The van der Waals surface area contributed by atoms with Crippen LogP contribution in [0.1, 0.15) is 23.3 Å². The van der Waals surface area contributed by atoms with Crippen molar-refractivity contribution in [3.05, 3.63) is 69.1 Å². The zero-order chi connectivity index (χ0) is 18.3. The topological polar surface area (TPSA) is 63.6 Å². The summed E-state index contributed by atoms with van der Waals surface area (Å²) < 4.78 is 15.1. The molecular formula is C19H17FN4OS. The molecule has 1 N–H and O–H groups in total. The number of thiophene rings is 1. The number of halogens is 1. The molecule has 3 aromatic heterocycles. The van der Waals surface area contributed by atoms with Gasteiger partial charge in [0, 0.05) is 23.2 Å². The van der Waals surface area contributed by atoms with Crippen LogP contribution < -0.4 is 5.56 Å². The first kappa shape index (κ1) is 16.7. The van der Waals surface area contributed by atoms with E-state index >= 15 is 0 Å². The number of nitrogens with zero attached hydrogens (tertiary/aromatic N) is 3. The van der Waals surface area contributed by atoms with Crippen molar-refractivity contribution in [3.63, 3.8) is 0 Å². The van der Waals surface area contributed by atoms with Crippen molar-refractivity contribution in [1.29, 1.82) is 0 Å². The molecule has 0 aliphatic carbocycles. The van der Waals surface area contributed by atoms with Crippen molar-refractivity contribution in [2.24, 2.45) is 0 Å². The van der Waals surface area contributed by atoms with Gasteiger partial charge in [0.05, 0.1) is 17.5 Å². The molecule has 26 heavy (non-hydrogen) atoms. The van der Waals surface area contributed by atoms with E-state index in [0.717, 1.165) is 28.2 Å². The minimum Gasteiger partial charge on any atom is -0.310 e. The molecule has 5 nitrogen and oxygen atoms in total. The monoisotopic (exact) mass is 368 g/mol. The van der Waals surface area contributed by atoms with Gasteiger partial charge in [0.1, 0.15) is 16.5 Å². The van der Waals surface area contributed by atoms with Gasteiger partial charge in [-0.3, -0.25) is 9.48 Å². The second-order valence-corrected chi connectivity index (χ2v) is 7.28. The highest BCUT2D eigenvalue weighted by atomic mass is 32.1. The van der Waals surface area contributed by atoms with Gasteiger partial charge in [-0.15, -0.1) is 11.3 Å². The highest BCUT2D eigenvalue weighted by molar-refractivity contribution is 7.19. The Kier molecular flexibility index (Phi) is 4.16. The molecule has 7 heteroatoms. The molecule has 0 spiro atoms. The minimum absolute atomic E-state index is 0.177. The number of aromatic amines is 1. The molecule has 0 aliphatic rings. The van der Waals surface area contributed by atoms with Crippen molar-refractivity contribution in [3.8, 4) is 11.1 Å². The summed E-state index contributed by atoms with van der Waals surface area (Å²) >= 11 is 1.48. The normalized spacial score (nSPS) is 11.3. The van der Waals surface area contributed by atoms with E-state index in [1.807, 2.05) is 30.8 Å². The maximum Gasteiger partial charge on any atom is 0.260 e. The number of hydrogen-bond acceptors (Lipinski definition) is 4. The summed E-state index contributed by atoms with van der Waals surface area (Å²) in [6, 6.07) is 8.11. The Morgan fingerprint density at radius 1 is 1.23 bits per heavy atom. The van der Waals surface area contributed by atoms with Gasteiger partial charge >= 0.3 is 0 Å². The Morgan fingerprint density at radius 3 is 2.69 bits per heavy atom. The first-order valence-electron chi connectivity index (χ1n) is 8.35. The van der Waals surface area contributed by atoms with Crippen LogP contribution in [-0.2, 0) is 13.0 Å². The largest absolute Gasteiger partial charge is 0.310 e. The number of rotatable bonds is 4. The maximum absolute atomic E-state index is 13.2. The predicted octanol–water partition coefficient (Wildman–Crippen LogP) is 3.91. The zero-order valence-corrected chi connectivity index (χ0v) is 15.2. The van der Waals surface area contributed by atoms with Crippen LogP contribution in [-0.4, -0.2) is 19.7 Å². The average molecular weight is 368 g/mol. The predicted molar refractivity (Wildman–Crippen MR) is 101 cm³/mol. The van der Waals surface area contributed by atoms with E-state index in [1.165, 1.54) is 23.5 Å².